The van der Waals surface area contributed by atoms with Gasteiger partial charge in [0.25, 0.3) is 0 Å². The number of diazo groups is 1. The SMILES string of the molecule is N#[N+]c1cc(Cl)c(Cl)c(Cl)c1. The molecule has 1 rings (SSSR count). The molecule has 0 aliphatic carbocycles. The molecule has 0 aliphatic rings. The third kappa shape index (κ3) is 1.75. The molecule has 1 aromatic rings. The van der Waals surface area contributed by atoms with Crippen molar-refractivity contribution in [1.29, 1.82) is 5.39 Å². The summed E-state index contributed by atoms with van der Waals surface area (Å²) in [6.07, 6.45) is 0. The molecular formula is C6H2Cl3N2+. The zero-order valence-electron chi connectivity index (χ0n) is 5.18. The van der Waals surface area contributed by atoms with Gasteiger partial charge in [0.15, 0.2) is 4.98 Å². The van der Waals surface area contributed by atoms with E-state index in [0.717, 1.165) is 0 Å². The molecule has 0 spiro atoms. The Morgan fingerprint density at radius 1 is 1.09 bits per heavy atom. The van der Waals surface area contributed by atoms with Crippen molar-refractivity contribution in [2.24, 2.45) is 0 Å². The van der Waals surface area contributed by atoms with Crippen molar-refractivity contribution in [2.45, 2.75) is 0 Å². The van der Waals surface area contributed by atoms with Gasteiger partial charge in [0.05, 0.1) is 27.2 Å². The lowest BCUT2D eigenvalue weighted by Crippen LogP contribution is -1.70. The van der Waals surface area contributed by atoms with Gasteiger partial charge in [-0.25, -0.2) is 0 Å². The molecule has 0 unspecified atom stereocenters. The fourth-order valence-corrected chi connectivity index (χ4v) is 1.18. The van der Waals surface area contributed by atoms with E-state index in [1.807, 2.05) is 0 Å². The van der Waals surface area contributed by atoms with Crippen LogP contribution in [0.3, 0.4) is 0 Å². The summed E-state index contributed by atoms with van der Waals surface area (Å²) >= 11 is 16.8. The van der Waals surface area contributed by atoms with Crippen LogP contribution in [0.5, 0.6) is 0 Å². The fraction of sp³-hybridized carbons (Fsp3) is 0. The molecule has 0 saturated heterocycles. The number of rotatable bonds is 0. The standard InChI is InChI=1S/C6H2Cl3N2/c7-4-1-3(11-10)2-5(8)6(4)9/h1-2H/q+1. The van der Waals surface area contributed by atoms with Gasteiger partial charge in [0.2, 0.25) is 5.39 Å². The van der Waals surface area contributed by atoms with Crippen LogP contribution in [0.25, 0.3) is 4.98 Å². The molecule has 2 nitrogen and oxygen atoms in total. The molecule has 56 valence electrons. The van der Waals surface area contributed by atoms with Crippen LogP contribution in [0.2, 0.25) is 15.1 Å². The van der Waals surface area contributed by atoms with Crippen molar-refractivity contribution in [3.8, 4) is 0 Å². The monoisotopic (exact) mass is 207 g/mol. The number of halogens is 3. The van der Waals surface area contributed by atoms with Crippen LogP contribution in [0.4, 0.5) is 5.69 Å². The van der Waals surface area contributed by atoms with E-state index >= 15 is 0 Å². The van der Waals surface area contributed by atoms with Crippen LogP contribution in [0.15, 0.2) is 12.1 Å². The van der Waals surface area contributed by atoms with Crippen LogP contribution in [0, 0.1) is 5.39 Å². The van der Waals surface area contributed by atoms with E-state index in [-0.39, 0.29) is 20.8 Å². The molecule has 0 saturated carbocycles. The highest BCUT2D eigenvalue weighted by Gasteiger charge is 2.12. The van der Waals surface area contributed by atoms with Crippen molar-refractivity contribution >= 4 is 40.5 Å². The summed E-state index contributed by atoms with van der Waals surface area (Å²) in [5.41, 5.74) is 0.282. The first-order valence-electron chi connectivity index (χ1n) is 2.65. The topological polar surface area (TPSA) is 28.1 Å². The lowest BCUT2D eigenvalue weighted by atomic mass is 10.3. The van der Waals surface area contributed by atoms with Crippen LogP contribution >= 0.6 is 34.8 Å². The molecule has 5 heteroatoms. The average molecular weight is 208 g/mol. The van der Waals surface area contributed by atoms with E-state index in [1.165, 1.54) is 12.1 Å². The molecule has 0 radical (unpaired) electrons. The molecule has 0 bridgehead atoms. The minimum atomic E-state index is 0.265. The predicted octanol–water partition coefficient (Wildman–Crippen LogP) is 4.13. The van der Waals surface area contributed by atoms with Crippen molar-refractivity contribution in [3.05, 3.63) is 32.2 Å². The summed E-state index contributed by atoms with van der Waals surface area (Å²) in [4.78, 5) is 2.91. The van der Waals surface area contributed by atoms with E-state index in [9.17, 15) is 0 Å². The lowest BCUT2D eigenvalue weighted by Gasteiger charge is -1.92. The first-order chi connectivity index (χ1) is 5.15. The van der Waals surface area contributed by atoms with Gasteiger partial charge >= 0.3 is 5.69 Å². The quantitative estimate of drug-likeness (QED) is 0.465. The summed E-state index contributed by atoms with van der Waals surface area (Å²) in [6.45, 7) is 0. The average Bonchev–Trinajstić information content (AvgIpc) is 1.99. The maximum Gasteiger partial charge on any atom is 0.388 e. The minimum absolute atomic E-state index is 0.265. The van der Waals surface area contributed by atoms with Crippen LogP contribution in [-0.2, 0) is 0 Å². The Kier molecular flexibility index (Phi) is 2.56. The minimum Gasteiger partial charge on any atom is -0.0823 e. The third-order valence-electron chi connectivity index (χ3n) is 1.08. The number of benzene rings is 1. The zero-order chi connectivity index (χ0) is 8.43. The maximum atomic E-state index is 8.34. The molecule has 0 N–H and O–H groups in total. The second kappa shape index (κ2) is 3.27. The Hall–Kier alpha value is -0.490. The van der Waals surface area contributed by atoms with E-state index in [0.29, 0.717) is 0 Å². The van der Waals surface area contributed by atoms with Crippen molar-refractivity contribution in [1.82, 2.24) is 0 Å². The van der Waals surface area contributed by atoms with Gasteiger partial charge in [-0.2, -0.15) is 0 Å². The molecule has 0 fully saturated rings. The van der Waals surface area contributed by atoms with Gasteiger partial charge in [-0.05, 0) is 0 Å². The molecular weight excluding hydrogens is 206 g/mol. The number of hydrogen-bond acceptors (Lipinski definition) is 1. The highest BCUT2D eigenvalue weighted by atomic mass is 35.5. The largest absolute Gasteiger partial charge is 0.388 e. The smallest absolute Gasteiger partial charge is 0.0823 e. The highest BCUT2D eigenvalue weighted by Crippen LogP contribution is 2.33. The fourth-order valence-electron chi connectivity index (χ4n) is 0.600. The lowest BCUT2D eigenvalue weighted by molar-refractivity contribution is 1.46. The summed E-state index contributed by atoms with van der Waals surface area (Å²) in [7, 11) is 0. The van der Waals surface area contributed by atoms with Gasteiger partial charge in [-0.1, -0.05) is 34.8 Å². The van der Waals surface area contributed by atoms with Gasteiger partial charge in [-0.3, -0.25) is 0 Å². The number of nitrogens with zero attached hydrogens (tertiary/aromatic N) is 2. The van der Waals surface area contributed by atoms with Crippen LogP contribution in [-0.4, -0.2) is 0 Å². The first-order valence-corrected chi connectivity index (χ1v) is 3.78. The predicted molar refractivity (Wildman–Crippen MR) is 46.2 cm³/mol. The van der Waals surface area contributed by atoms with Crippen LogP contribution < -0.4 is 0 Å². The third-order valence-corrected chi connectivity index (χ3v) is 2.28. The summed E-state index contributed by atoms with van der Waals surface area (Å²) in [5, 5.41) is 9.15. The van der Waals surface area contributed by atoms with Crippen molar-refractivity contribution < 1.29 is 0 Å². The van der Waals surface area contributed by atoms with E-state index < -0.39 is 0 Å². The molecule has 0 aliphatic heterocycles. The van der Waals surface area contributed by atoms with Gasteiger partial charge in [-0.15, -0.1) is 0 Å². The Balaban J connectivity index is 3.35. The number of hydrogen-bond donors (Lipinski definition) is 0. The first kappa shape index (κ1) is 8.61. The van der Waals surface area contributed by atoms with Gasteiger partial charge in [0, 0.05) is 0 Å². The van der Waals surface area contributed by atoms with Crippen LogP contribution in [0.1, 0.15) is 0 Å². The Morgan fingerprint density at radius 3 is 1.91 bits per heavy atom. The molecule has 0 aromatic heterocycles. The highest BCUT2D eigenvalue weighted by molar-refractivity contribution is 6.48. The second-order valence-electron chi connectivity index (χ2n) is 1.82. The van der Waals surface area contributed by atoms with E-state index in [2.05, 4.69) is 4.98 Å². The Morgan fingerprint density at radius 2 is 1.55 bits per heavy atom. The van der Waals surface area contributed by atoms with Gasteiger partial charge in [0.1, 0.15) is 0 Å². The molecule has 0 amide bonds. The maximum absolute atomic E-state index is 8.34. The zero-order valence-corrected chi connectivity index (χ0v) is 7.45. The molecule has 11 heavy (non-hydrogen) atoms. The molecule has 0 heterocycles. The second-order valence-corrected chi connectivity index (χ2v) is 3.02. The van der Waals surface area contributed by atoms with Crippen molar-refractivity contribution in [3.63, 3.8) is 0 Å². The molecule has 1 aromatic carbocycles. The summed E-state index contributed by atoms with van der Waals surface area (Å²) in [5.74, 6) is 0. The van der Waals surface area contributed by atoms with Crippen molar-refractivity contribution in [2.75, 3.05) is 0 Å². The summed E-state index contributed by atoms with van der Waals surface area (Å²) in [6, 6.07) is 2.82. The van der Waals surface area contributed by atoms with E-state index in [1.54, 1.807) is 0 Å². The molecule has 0 atom stereocenters. The summed E-state index contributed by atoms with van der Waals surface area (Å²) < 4.78 is 0. The Labute approximate surface area is 78.3 Å². The Bertz CT molecular complexity index is 306. The normalized spacial score (nSPS) is 9.27. The van der Waals surface area contributed by atoms with Gasteiger partial charge < -0.3 is 0 Å². The van der Waals surface area contributed by atoms with E-state index in [4.69, 9.17) is 40.2 Å².